The topological polar surface area (TPSA) is 91.8 Å². The summed E-state index contributed by atoms with van der Waals surface area (Å²) in [5, 5.41) is 20.2. The zero-order chi connectivity index (χ0) is 27.2. The number of nitriles is 1. The molecular weight excluding hydrogens is 479 g/mol. The maximum atomic E-state index is 13.9. The number of nitrogens with zero attached hydrogens (tertiary/aromatic N) is 4. The summed E-state index contributed by atoms with van der Waals surface area (Å²) < 4.78 is 15.6. The van der Waals surface area contributed by atoms with Gasteiger partial charge in [-0.1, -0.05) is 56.7 Å². The Morgan fingerprint density at radius 1 is 1.13 bits per heavy atom. The van der Waals surface area contributed by atoms with E-state index in [1.807, 2.05) is 43.3 Å². The standard InChI is InChI=1S/C31H31FN4O2/c1-4-6-10-28-35-30(37)26(31(38)36(28)27(5-2)24-9-7-8-22(17-24)19-33)18-21-11-13-23(14-12-21)25-15-16-34-29(32)20(25)3/h7-9,11-17,27,37H,4-6,10,18H2,1-3H3. The number of hydrogen-bond acceptors (Lipinski definition) is 5. The average Bonchev–Trinajstić information content (AvgIpc) is 2.93. The van der Waals surface area contributed by atoms with E-state index in [0.717, 1.165) is 35.1 Å². The van der Waals surface area contributed by atoms with E-state index in [9.17, 15) is 19.6 Å². The second-order valence-corrected chi connectivity index (χ2v) is 9.42. The second-order valence-electron chi connectivity index (χ2n) is 9.42. The van der Waals surface area contributed by atoms with Crippen molar-refractivity contribution in [2.75, 3.05) is 0 Å². The van der Waals surface area contributed by atoms with Gasteiger partial charge in [0.2, 0.25) is 11.8 Å². The summed E-state index contributed by atoms with van der Waals surface area (Å²) >= 11 is 0. The van der Waals surface area contributed by atoms with Gasteiger partial charge in [-0.15, -0.1) is 0 Å². The van der Waals surface area contributed by atoms with Crippen LogP contribution in [-0.2, 0) is 12.8 Å². The number of benzene rings is 2. The highest BCUT2D eigenvalue weighted by atomic mass is 19.1. The Hall–Kier alpha value is -4.31. The van der Waals surface area contributed by atoms with Crippen molar-refractivity contribution in [1.82, 2.24) is 14.5 Å². The highest BCUT2D eigenvalue weighted by Crippen LogP contribution is 2.28. The molecule has 38 heavy (non-hydrogen) atoms. The van der Waals surface area contributed by atoms with Crippen LogP contribution in [0, 0.1) is 24.2 Å². The van der Waals surface area contributed by atoms with Crippen molar-refractivity contribution in [2.24, 2.45) is 0 Å². The molecule has 0 radical (unpaired) electrons. The number of aromatic hydroxyl groups is 1. The lowest BCUT2D eigenvalue weighted by Gasteiger charge is -2.23. The number of aromatic nitrogens is 3. The van der Waals surface area contributed by atoms with E-state index in [1.54, 1.807) is 29.7 Å². The number of hydrogen-bond donors (Lipinski definition) is 1. The van der Waals surface area contributed by atoms with Gasteiger partial charge in [0.1, 0.15) is 5.82 Å². The molecule has 0 spiro atoms. The molecule has 4 aromatic rings. The van der Waals surface area contributed by atoms with Crippen molar-refractivity contribution in [2.45, 2.75) is 58.9 Å². The van der Waals surface area contributed by atoms with Gasteiger partial charge >= 0.3 is 0 Å². The van der Waals surface area contributed by atoms with Gasteiger partial charge in [-0.2, -0.15) is 14.6 Å². The van der Waals surface area contributed by atoms with Gasteiger partial charge in [-0.3, -0.25) is 9.36 Å². The number of unbranched alkanes of at least 4 members (excludes halogenated alkanes) is 1. The van der Waals surface area contributed by atoms with Crippen LogP contribution in [0.3, 0.4) is 0 Å². The molecule has 0 saturated carbocycles. The van der Waals surface area contributed by atoms with Crippen LogP contribution >= 0.6 is 0 Å². The molecule has 0 bridgehead atoms. The summed E-state index contributed by atoms with van der Waals surface area (Å²) in [5.74, 6) is -0.218. The lowest BCUT2D eigenvalue weighted by molar-refractivity contribution is 0.420. The average molecular weight is 511 g/mol. The van der Waals surface area contributed by atoms with Crippen molar-refractivity contribution in [3.05, 3.63) is 111 Å². The number of halogens is 1. The van der Waals surface area contributed by atoms with E-state index < -0.39 is 5.95 Å². The maximum Gasteiger partial charge on any atom is 0.261 e. The molecule has 0 aliphatic rings. The molecule has 4 rings (SSSR count). The molecule has 7 heteroatoms. The van der Waals surface area contributed by atoms with Gasteiger partial charge in [0.05, 0.1) is 23.2 Å². The van der Waals surface area contributed by atoms with Crippen LogP contribution in [0.5, 0.6) is 5.88 Å². The van der Waals surface area contributed by atoms with Gasteiger partial charge in [0, 0.05) is 24.6 Å². The Kier molecular flexibility index (Phi) is 8.32. The van der Waals surface area contributed by atoms with Gasteiger partial charge in [-0.25, -0.2) is 4.98 Å². The van der Waals surface area contributed by atoms with E-state index in [4.69, 9.17) is 0 Å². The highest BCUT2D eigenvalue weighted by molar-refractivity contribution is 5.66. The number of pyridine rings is 1. The molecule has 0 fully saturated rings. The Morgan fingerprint density at radius 2 is 1.89 bits per heavy atom. The third-order valence-electron chi connectivity index (χ3n) is 6.90. The molecule has 194 valence electrons. The van der Waals surface area contributed by atoms with Crippen LogP contribution in [0.25, 0.3) is 11.1 Å². The molecule has 0 aliphatic carbocycles. The molecule has 0 saturated heterocycles. The van der Waals surface area contributed by atoms with Crippen molar-refractivity contribution in [3.63, 3.8) is 0 Å². The van der Waals surface area contributed by atoms with Crippen LogP contribution in [0.15, 0.2) is 65.6 Å². The fourth-order valence-corrected chi connectivity index (χ4v) is 4.80. The lowest BCUT2D eigenvalue weighted by Crippen LogP contribution is -2.32. The summed E-state index contributed by atoms with van der Waals surface area (Å²) in [4.78, 5) is 22.1. The lowest BCUT2D eigenvalue weighted by atomic mass is 9.98. The highest BCUT2D eigenvalue weighted by Gasteiger charge is 2.23. The Morgan fingerprint density at radius 3 is 2.58 bits per heavy atom. The quantitative estimate of drug-likeness (QED) is 0.268. The first-order chi connectivity index (χ1) is 18.4. The molecule has 1 atom stereocenters. The fourth-order valence-electron chi connectivity index (χ4n) is 4.80. The van der Waals surface area contributed by atoms with Crippen molar-refractivity contribution < 1.29 is 9.50 Å². The van der Waals surface area contributed by atoms with Gasteiger partial charge in [-0.05, 0) is 60.2 Å². The summed E-state index contributed by atoms with van der Waals surface area (Å²) in [7, 11) is 0. The minimum absolute atomic E-state index is 0.199. The number of rotatable bonds is 9. The molecule has 1 unspecified atom stereocenters. The largest absolute Gasteiger partial charge is 0.493 e. The summed E-state index contributed by atoms with van der Waals surface area (Å²) in [6, 6.07) is 18.4. The van der Waals surface area contributed by atoms with E-state index in [0.29, 0.717) is 29.8 Å². The second kappa shape index (κ2) is 11.8. The monoisotopic (exact) mass is 510 g/mol. The van der Waals surface area contributed by atoms with E-state index >= 15 is 0 Å². The smallest absolute Gasteiger partial charge is 0.261 e. The van der Waals surface area contributed by atoms with Crippen molar-refractivity contribution in [1.29, 1.82) is 5.26 Å². The van der Waals surface area contributed by atoms with Gasteiger partial charge in [0.25, 0.3) is 5.56 Å². The van der Waals surface area contributed by atoms with Crippen LogP contribution in [0.2, 0.25) is 0 Å². The fraction of sp³-hybridized carbons (Fsp3) is 0.290. The zero-order valence-electron chi connectivity index (χ0n) is 21.9. The molecule has 2 aromatic heterocycles. The van der Waals surface area contributed by atoms with Crippen molar-refractivity contribution >= 4 is 0 Å². The first-order valence-electron chi connectivity index (χ1n) is 12.9. The summed E-state index contributed by atoms with van der Waals surface area (Å²) in [5.41, 5.74) is 4.20. The molecule has 2 heterocycles. The SMILES string of the molecule is CCCCc1nc(O)c(Cc2ccc(-c3ccnc(F)c3C)cc2)c(=O)n1C(CC)c1cccc(C#N)c1. The minimum Gasteiger partial charge on any atom is -0.493 e. The molecule has 0 amide bonds. The molecule has 0 aliphatic heterocycles. The van der Waals surface area contributed by atoms with Gasteiger partial charge in [0.15, 0.2) is 0 Å². The molecular formula is C31H31FN4O2. The molecule has 2 aromatic carbocycles. The minimum atomic E-state index is -0.503. The van der Waals surface area contributed by atoms with Crippen LogP contribution in [0.1, 0.15) is 72.8 Å². The van der Waals surface area contributed by atoms with E-state index in [2.05, 4.69) is 23.0 Å². The van der Waals surface area contributed by atoms with E-state index in [1.165, 1.54) is 6.20 Å². The van der Waals surface area contributed by atoms with Gasteiger partial charge < -0.3 is 5.11 Å². The first kappa shape index (κ1) is 26.7. The normalized spacial score (nSPS) is 11.8. The van der Waals surface area contributed by atoms with Crippen LogP contribution < -0.4 is 5.56 Å². The van der Waals surface area contributed by atoms with Crippen LogP contribution in [-0.4, -0.2) is 19.6 Å². The number of aryl methyl sites for hydroxylation is 1. The third-order valence-corrected chi connectivity index (χ3v) is 6.90. The summed E-state index contributed by atoms with van der Waals surface area (Å²) in [6.07, 6.45) is 4.57. The first-order valence-corrected chi connectivity index (χ1v) is 12.9. The zero-order valence-corrected chi connectivity index (χ0v) is 21.9. The summed E-state index contributed by atoms with van der Waals surface area (Å²) in [6.45, 7) is 5.75. The Bertz CT molecular complexity index is 1540. The molecule has 6 nitrogen and oxygen atoms in total. The molecule has 1 N–H and O–H groups in total. The van der Waals surface area contributed by atoms with Crippen LogP contribution in [0.4, 0.5) is 4.39 Å². The predicted molar refractivity (Wildman–Crippen MR) is 146 cm³/mol. The van der Waals surface area contributed by atoms with Crippen molar-refractivity contribution in [3.8, 4) is 23.1 Å². The van der Waals surface area contributed by atoms with E-state index in [-0.39, 0.29) is 29.5 Å². The predicted octanol–water partition coefficient (Wildman–Crippen LogP) is 6.26. The maximum absolute atomic E-state index is 13.9. The Balaban J connectivity index is 1.75. The Labute approximate surface area is 222 Å². The third kappa shape index (κ3) is 5.50.